The van der Waals surface area contributed by atoms with E-state index in [1.807, 2.05) is 0 Å². The molecule has 0 bridgehead atoms. The second-order valence-electron chi connectivity index (χ2n) is 3.62. The SMILES string of the molecule is CSc1c(F)cc(C2(C)OCCO2)cc1F. The van der Waals surface area contributed by atoms with E-state index in [1.165, 1.54) is 12.1 Å². The highest BCUT2D eigenvalue weighted by Crippen LogP contribution is 2.34. The topological polar surface area (TPSA) is 18.5 Å². The van der Waals surface area contributed by atoms with Crippen molar-refractivity contribution >= 4 is 11.8 Å². The van der Waals surface area contributed by atoms with Gasteiger partial charge in [0.05, 0.1) is 18.1 Å². The first kappa shape index (κ1) is 11.8. The molecule has 1 aromatic carbocycles. The summed E-state index contributed by atoms with van der Waals surface area (Å²) in [6, 6.07) is 2.53. The van der Waals surface area contributed by atoms with Crippen LogP contribution in [0.25, 0.3) is 0 Å². The third-order valence-corrected chi connectivity index (χ3v) is 3.36. The van der Waals surface area contributed by atoms with Gasteiger partial charge in [-0.2, -0.15) is 0 Å². The Hall–Kier alpha value is -0.650. The van der Waals surface area contributed by atoms with Crippen LogP contribution in [0.4, 0.5) is 8.78 Å². The predicted molar refractivity (Wildman–Crippen MR) is 57.4 cm³/mol. The van der Waals surface area contributed by atoms with Crippen LogP contribution in [0.15, 0.2) is 17.0 Å². The average molecular weight is 246 g/mol. The molecule has 0 amide bonds. The van der Waals surface area contributed by atoms with Gasteiger partial charge in [-0.05, 0) is 25.3 Å². The summed E-state index contributed by atoms with van der Waals surface area (Å²) in [5.74, 6) is -2.19. The molecule has 1 fully saturated rings. The van der Waals surface area contributed by atoms with Crippen molar-refractivity contribution < 1.29 is 18.3 Å². The van der Waals surface area contributed by atoms with Gasteiger partial charge in [0, 0.05) is 5.56 Å². The fourth-order valence-corrected chi connectivity index (χ4v) is 2.21. The molecule has 2 nitrogen and oxygen atoms in total. The zero-order chi connectivity index (χ0) is 11.8. The highest BCUT2D eigenvalue weighted by atomic mass is 32.2. The summed E-state index contributed by atoms with van der Waals surface area (Å²) in [5, 5.41) is 0. The lowest BCUT2D eigenvalue weighted by molar-refractivity contribution is -0.150. The first-order valence-corrected chi connectivity index (χ1v) is 6.11. The van der Waals surface area contributed by atoms with Gasteiger partial charge in [0.15, 0.2) is 5.79 Å². The van der Waals surface area contributed by atoms with Gasteiger partial charge in [-0.15, -0.1) is 11.8 Å². The molecule has 1 aliphatic heterocycles. The number of benzene rings is 1. The highest BCUT2D eigenvalue weighted by molar-refractivity contribution is 7.98. The van der Waals surface area contributed by atoms with Crippen LogP contribution in [0, 0.1) is 11.6 Å². The summed E-state index contributed by atoms with van der Waals surface area (Å²) in [7, 11) is 0. The van der Waals surface area contributed by atoms with E-state index in [-0.39, 0.29) is 4.90 Å². The molecule has 16 heavy (non-hydrogen) atoms. The van der Waals surface area contributed by atoms with E-state index in [9.17, 15) is 8.78 Å². The summed E-state index contributed by atoms with van der Waals surface area (Å²) < 4.78 is 37.8. The fraction of sp³-hybridized carbons (Fsp3) is 0.455. The van der Waals surface area contributed by atoms with Crippen molar-refractivity contribution in [2.24, 2.45) is 0 Å². The molecule has 0 atom stereocenters. The van der Waals surface area contributed by atoms with Gasteiger partial charge in [-0.1, -0.05) is 0 Å². The van der Waals surface area contributed by atoms with Crippen LogP contribution < -0.4 is 0 Å². The number of hydrogen-bond acceptors (Lipinski definition) is 3. The molecule has 1 aromatic rings. The summed E-state index contributed by atoms with van der Waals surface area (Å²) in [6.07, 6.45) is 1.63. The first-order chi connectivity index (χ1) is 7.57. The summed E-state index contributed by atoms with van der Waals surface area (Å²) in [4.78, 5) is 0.0188. The van der Waals surface area contributed by atoms with Crippen molar-refractivity contribution in [3.05, 3.63) is 29.3 Å². The lowest BCUT2D eigenvalue weighted by atomic mass is 10.1. The molecule has 0 aliphatic carbocycles. The van der Waals surface area contributed by atoms with E-state index in [0.717, 1.165) is 11.8 Å². The van der Waals surface area contributed by atoms with Crippen LogP contribution >= 0.6 is 11.8 Å². The third kappa shape index (κ3) is 1.95. The van der Waals surface area contributed by atoms with Crippen LogP contribution in [0.5, 0.6) is 0 Å². The Balaban J connectivity index is 2.43. The zero-order valence-corrected chi connectivity index (χ0v) is 9.87. The van der Waals surface area contributed by atoms with Crippen molar-refractivity contribution in [1.29, 1.82) is 0 Å². The van der Waals surface area contributed by atoms with E-state index in [2.05, 4.69) is 0 Å². The average Bonchev–Trinajstić information content (AvgIpc) is 2.66. The van der Waals surface area contributed by atoms with Crippen molar-refractivity contribution in [3.8, 4) is 0 Å². The largest absolute Gasteiger partial charge is 0.344 e. The minimum atomic E-state index is -1.03. The molecule has 88 valence electrons. The van der Waals surface area contributed by atoms with Crippen LogP contribution in [0.1, 0.15) is 12.5 Å². The standard InChI is InChI=1S/C11H12F2O2S/c1-11(14-3-4-15-11)7-5-8(12)10(16-2)9(13)6-7/h5-6H,3-4H2,1-2H3. The van der Waals surface area contributed by atoms with Crippen molar-refractivity contribution in [2.75, 3.05) is 19.5 Å². The lowest BCUT2D eigenvalue weighted by Gasteiger charge is -2.23. The van der Waals surface area contributed by atoms with E-state index >= 15 is 0 Å². The molecular weight excluding hydrogens is 234 g/mol. The van der Waals surface area contributed by atoms with E-state index in [4.69, 9.17) is 9.47 Å². The third-order valence-electron chi connectivity index (χ3n) is 2.57. The number of hydrogen-bond donors (Lipinski definition) is 0. The van der Waals surface area contributed by atoms with Crippen molar-refractivity contribution in [2.45, 2.75) is 17.6 Å². The first-order valence-electron chi connectivity index (χ1n) is 4.88. The zero-order valence-electron chi connectivity index (χ0n) is 9.05. The number of ether oxygens (including phenoxy) is 2. The van der Waals surface area contributed by atoms with E-state index in [1.54, 1.807) is 13.2 Å². The maximum absolute atomic E-state index is 13.6. The Bertz CT molecular complexity index is 380. The molecule has 0 saturated carbocycles. The fourth-order valence-electron chi connectivity index (χ4n) is 1.70. The normalized spacial score (nSPS) is 19.0. The number of thioether (sulfide) groups is 1. The van der Waals surface area contributed by atoms with Gasteiger partial charge in [0.1, 0.15) is 11.6 Å². The van der Waals surface area contributed by atoms with Crippen molar-refractivity contribution in [3.63, 3.8) is 0 Å². The van der Waals surface area contributed by atoms with Gasteiger partial charge in [0.25, 0.3) is 0 Å². The Morgan fingerprint density at radius 3 is 2.12 bits per heavy atom. The Kier molecular flexibility index (Phi) is 3.19. The molecule has 1 aliphatic rings. The molecule has 2 rings (SSSR count). The van der Waals surface area contributed by atoms with E-state index < -0.39 is 17.4 Å². The van der Waals surface area contributed by atoms with Crippen LogP contribution in [-0.4, -0.2) is 19.5 Å². The van der Waals surface area contributed by atoms with Gasteiger partial charge < -0.3 is 9.47 Å². The molecule has 0 spiro atoms. The van der Waals surface area contributed by atoms with Crippen molar-refractivity contribution in [1.82, 2.24) is 0 Å². The Morgan fingerprint density at radius 1 is 1.19 bits per heavy atom. The highest BCUT2D eigenvalue weighted by Gasteiger charge is 2.34. The summed E-state index contributed by atoms with van der Waals surface area (Å²) in [6.45, 7) is 2.53. The summed E-state index contributed by atoms with van der Waals surface area (Å²) >= 11 is 1.04. The van der Waals surface area contributed by atoms with Gasteiger partial charge in [-0.3, -0.25) is 0 Å². The minimum Gasteiger partial charge on any atom is -0.344 e. The van der Waals surface area contributed by atoms with Gasteiger partial charge >= 0.3 is 0 Å². The molecule has 0 N–H and O–H groups in total. The monoisotopic (exact) mass is 246 g/mol. The smallest absolute Gasteiger partial charge is 0.192 e. The molecule has 0 radical (unpaired) electrons. The number of rotatable bonds is 2. The van der Waals surface area contributed by atoms with Gasteiger partial charge in [-0.25, -0.2) is 8.78 Å². The molecule has 0 unspecified atom stereocenters. The molecule has 5 heteroatoms. The maximum atomic E-state index is 13.6. The van der Waals surface area contributed by atoms with Crippen LogP contribution in [0.3, 0.4) is 0 Å². The van der Waals surface area contributed by atoms with E-state index in [0.29, 0.717) is 18.8 Å². The molecule has 0 aromatic heterocycles. The molecular formula is C11H12F2O2S. The Morgan fingerprint density at radius 2 is 1.69 bits per heavy atom. The number of halogens is 2. The van der Waals surface area contributed by atoms with Gasteiger partial charge in [0.2, 0.25) is 0 Å². The Labute approximate surface area is 96.9 Å². The summed E-state index contributed by atoms with van der Waals surface area (Å²) in [5.41, 5.74) is 0.373. The van der Waals surface area contributed by atoms with Crippen LogP contribution in [0.2, 0.25) is 0 Å². The second-order valence-corrected chi connectivity index (χ2v) is 4.43. The predicted octanol–water partition coefficient (Wildman–Crippen LogP) is 2.91. The molecule has 1 saturated heterocycles. The maximum Gasteiger partial charge on any atom is 0.192 e. The van der Waals surface area contributed by atoms with Crippen LogP contribution in [-0.2, 0) is 15.3 Å². The lowest BCUT2D eigenvalue weighted by Crippen LogP contribution is -2.23. The second kappa shape index (κ2) is 4.31. The minimum absolute atomic E-state index is 0.0188. The molecule has 1 heterocycles. The quantitative estimate of drug-likeness (QED) is 0.747.